The van der Waals surface area contributed by atoms with Crippen molar-refractivity contribution in [3.63, 3.8) is 0 Å². The molecule has 4 rings (SSSR count). The number of azo groups is 2. The Morgan fingerprint density at radius 2 is 1.17 bits per heavy atom. The maximum atomic E-state index is 14.8. The molecular weight excluding hydrogens is 721 g/mol. The van der Waals surface area contributed by atoms with Gasteiger partial charge in [0.2, 0.25) is 0 Å². The van der Waals surface area contributed by atoms with E-state index >= 15 is 0 Å². The molecule has 4 aromatic rings. The summed E-state index contributed by atoms with van der Waals surface area (Å²) in [7, 11) is -21.7. The second-order valence-electron chi connectivity index (χ2n) is 9.29. The second kappa shape index (κ2) is 11.9. The largest absolute Gasteiger partial charge is 0.505 e. The highest BCUT2D eigenvalue weighted by atomic mass is 32.2. The summed E-state index contributed by atoms with van der Waals surface area (Å²) < 4.78 is 162. The van der Waals surface area contributed by atoms with Crippen molar-refractivity contribution in [1.29, 1.82) is 0 Å². The van der Waals surface area contributed by atoms with Crippen LogP contribution in [0.5, 0.6) is 5.75 Å². The molecule has 4 aromatic carbocycles. The zero-order valence-electron chi connectivity index (χ0n) is 22.8. The number of fused-ring (bicyclic) bond motifs is 1. The fourth-order valence-corrected chi connectivity index (χ4v) is 6.82. The van der Waals surface area contributed by atoms with Crippen molar-refractivity contribution in [3.05, 3.63) is 59.7 Å². The van der Waals surface area contributed by atoms with E-state index in [2.05, 4.69) is 20.5 Å². The summed E-state index contributed by atoms with van der Waals surface area (Å²) in [4.78, 5) is -6.03. The number of halogens is 2. The Morgan fingerprint density at radius 3 is 1.72 bits per heavy atom. The van der Waals surface area contributed by atoms with E-state index in [4.69, 9.17) is 10.3 Å². The summed E-state index contributed by atoms with van der Waals surface area (Å²) in [5.41, 5.74) is 2.31. The molecule has 7 N–H and O–H groups in total. The summed E-state index contributed by atoms with van der Waals surface area (Å²) in [5.74, 6) is -5.59. The summed E-state index contributed by atoms with van der Waals surface area (Å²) in [6.07, 6.45) is 0. The summed E-state index contributed by atoms with van der Waals surface area (Å²) >= 11 is 0. The van der Waals surface area contributed by atoms with Gasteiger partial charge in [0, 0.05) is 16.8 Å². The maximum Gasteiger partial charge on any atom is 0.300 e. The average Bonchev–Trinajstić information content (AvgIpc) is 2.89. The lowest BCUT2D eigenvalue weighted by Gasteiger charge is -2.12. The molecule has 0 atom stereocenters. The zero-order valence-corrected chi connectivity index (χ0v) is 26.1. The van der Waals surface area contributed by atoms with Gasteiger partial charge in [-0.3, -0.25) is 18.2 Å². The molecule has 0 aromatic heterocycles. The standard InChI is InChI=1S/C23H17F2N5O13S4/c1-9-2-5-14(16(6-9)44(32,33)34)27-30-20-17(45(35,36)37)7-11-10(21(20)31)3-4-13(26)19(11)29-28-15-8-12(24)22(46(38,39)40)18(25)23(15)47(41,42)43/h2-8,31H,26H2,1H3,(H,32,33,34)(H,35,36,37)(H,38,39,40)(H,41,42,43). The van der Waals surface area contributed by atoms with Crippen LogP contribution in [0.4, 0.5) is 37.2 Å². The van der Waals surface area contributed by atoms with Gasteiger partial charge in [-0.1, -0.05) is 6.07 Å². The fraction of sp³-hybridized carbons (Fsp3) is 0.0435. The number of nitrogen functional groups attached to an aromatic ring is 1. The lowest BCUT2D eigenvalue weighted by molar-refractivity contribution is 0.442. The first kappa shape index (κ1) is 35.3. The lowest BCUT2D eigenvalue weighted by atomic mass is 10.1. The third-order valence-electron chi connectivity index (χ3n) is 6.05. The van der Waals surface area contributed by atoms with Crippen LogP contribution in [-0.2, 0) is 40.5 Å². The highest BCUT2D eigenvalue weighted by Crippen LogP contribution is 2.46. The van der Waals surface area contributed by atoms with Gasteiger partial charge in [0.15, 0.2) is 21.4 Å². The Morgan fingerprint density at radius 1 is 0.617 bits per heavy atom. The topological polar surface area (TPSA) is 313 Å². The van der Waals surface area contributed by atoms with Crippen molar-refractivity contribution in [1.82, 2.24) is 0 Å². The van der Waals surface area contributed by atoms with E-state index in [1.165, 1.54) is 13.0 Å². The van der Waals surface area contributed by atoms with Crippen LogP contribution in [0.2, 0.25) is 0 Å². The van der Waals surface area contributed by atoms with E-state index in [9.17, 15) is 61.2 Å². The number of phenolic OH excluding ortho intramolecular Hbond substituents is 1. The minimum atomic E-state index is -5.73. The Balaban J connectivity index is 2.01. The first-order chi connectivity index (χ1) is 21.4. The van der Waals surface area contributed by atoms with Crippen molar-refractivity contribution in [2.24, 2.45) is 20.5 Å². The molecule has 0 heterocycles. The minimum Gasteiger partial charge on any atom is -0.505 e. The molecule has 0 aliphatic rings. The van der Waals surface area contributed by atoms with E-state index < -0.39 is 111 Å². The number of aryl methyl sites for hydroxylation is 1. The number of anilines is 1. The normalized spacial score (nSPS) is 13.3. The van der Waals surface area contributed by atoms with E-state index in [0.29, 0.717) is 11.6 Å². The molecule has 18 nitrogen and oxygen atoms in total. The first-order valence-electron chi connectivity index (χ1n) is 11.9. The molecule has 0 unspecified atom stereocenters. The number of phenols is 1. The Bertz CT molecular complexity index is 2520. The number of hydrogen-bond acceptors (Lipinski definition) is 14. The van der Waals surface area contributed by atoms with Crippen molar-refractivity contribution in [3.8, 4) is 5.75 Å². The van der Waals surface area contributed by atoms with E-state index in [1.807, 2.05) is 0 Å². The van der Waals surface area contributed by atoms with E-state index in [1.54, 1.807) is 0 Å². The zero-order chi connectivity index (χ0) is 35.4. The lowest BCUT2D eigenvalue weighted by Crippen LogP contribution is -2.11. The van der Waals surface area contributed by atoms with Gasteiger partial charge in [-0.2, -0.15) is 33.7 Å². The quantitative estimate of drug-likeness (QED) is 0.0822. The number of hydrogen-bond donors (Lipinski definition) is 6. The predicted molar refractivity (Wildman–Crippen MR) is 155 cm³/mol. The molecule has 0 aliphatic carbocycles. The maximum absolute atomic E-state index is 14.8. The predicted octanol–water partition coefficient (Wildman–Crippen LogP) is 4.53. The SMILES string of the molecule is Cc1ccc(N=Nc2c(S(=O)(=O)O)cc3c(N=Nc4cc(F)c(S(=O)(=O)O)c(F)c4S(=O)(=O)O)c(N)ccc3c2O)c(S(=O)(=O)O)c1. The molecule has 0 aliphatic heterocycles. The van der Waals surface area contributed by atoms with Crippen LogP contribution in [0.25, 0.3) is 10.8 Å². The highest BCUT2D eigenvalue weighted by Gasteiger charge is 2.33. The average molecular weight is 738 g/mol. The molecule has 0 saturated heterocycles. The van der Waals surface area contributed by atoms with Crippen LogP contribution in [0.15, 0.2) is 82.5 Å². The summed E-state index contributed by atoms with van der Waals surface area (Å²) in [6, 6.07) is 6.10. The molecule has 0 bridgehead atoms. The molecular formula is C23H17F2N5O13S4. The molecule has 24 heteroatoms. The van der Waals surface area contributed by atoms with Crippen molar-refractivity contribution in [2.75, 3.05) is 5.73 Å². The van der Waals surface area contributed by atoms with Crippen LogP contribution in [0, 0.1) is 18.6 Å². The number of nitrogens with zero attached hydrogens (tertiary/aromatic N) is 4. The third kappa shape index (κ3) is 7.08. The van der Waals surface area contributed by atoms with E-state index in [0.717, 1.165) is 24.3 Å². The molecule has 250 valence electrons. The van der Waals surface area contributed by atoms with Crippen LogP contribution in [0.1, 0.15) is 5.56 Å². The third-order valence-corrected chi connectivity index (χ3v) is 9.59. The van der Waals surface area contributed by atoms with Crippen LogP contribution >= 0.6 is 0 Å². The van der Waals surface area contributed by atoms with E-state index in [-0.39, 0.29) is 11.5 Å². The van der Waals surface area contributed by atoms with Gasteiger partial charge < -0.3 is 10.8 Å². The van der Waals surface area contributed by atoms with Crippen LogP contribution < -0.4 is 5.73 Å². The number of nitrogens with two attached hydrogens (primary N) is 1. The van der Waals surface area contributed by atoms with Crippen molar-refractivity contribution < 1.29 is 65.8 Å². The number of benzene rings is 4. The highest BCUT2D eigenvalue weighted by molar-refractivity contribution is 7.87. The van der Waals surface area contributed by atoms with Crippen LogP contribution in [-0.4, -0.2) is 57.0 Å². The van der Waals surface area contributed by atoms with Gasteiger partial charge in [0.05, 0.1) is 5.69 Å². The number of aromatic hydroxyl groups is 1. The molecule has 0 spiro atoms. The summed E-state index contributed by atoms with van der Waals surface area (Å²) in [5, 5.41) is 24.1. The molecule has 47 heavy (non-hydrogen) atoms. The van der Waals surface area contributed by atoms with Gasteiger partial charge in [0.1, 0.15) is 38.4 Å². The van der Waals surface area contributed by atoms with Crippen molar-refractivity contribution >= 4 is 79.7 Å². The molecule has 0 fully saturated rings. The van der Waals surface area contributed by atoms with Gasteiger partial charge >= 0.3 is 0 Å². The smallest absolute Gasteiger partial charge is 0.300 e. The van der Waals surface area contributed by atoms with Gasteiger partial charge in [-0.15, -0.1) is 20.5 Å². The van der Waals surface area contributed by atoms with Crippen LogP contribution in [0.3, 0.4) is 0 Å². The van der Waals surface area contributed by atoms with Gasteiger partial charge in [0.25, 0.3) is 40.5 Å². The van der Waals surface area contributed by atoms with Crippen molar-refractivity contribution in [2.45, 2.75) is 26.5 Å². The van der Waals surface area contributed by atoms with Gasteiger partial charge in [-0.05, 0) is 42.8 Å². The Kier molecular flexibility index (Phi) is 8.94. The second-order valence-corrected chi connectivity index (χ2v) is 14.8. The number of rotatable bonds is 8. The molecule has 0 saturated carbocycles. The fourth-order valence-electron chi connectivity index (χ4n) is 4.07. The first-order valence-corrected chi connectivity index (χ1v) is 17.6. The Hall–Kier alpha value is -4.56. The molecule has 0 radical (unpaired) electrons. The van der Waals surface area contributed by atoms with Gasteiger partial charge in [-0.25, -0.2) is 8.78 Å². The summed E-state index contributed by atoms with van der Waals surface area (Å²) in [6.45, 7) is 1.48. The monoisotopic (exact) mass is 737 g/mol. The molecule has 0 amide bonds. The minimum absolute atomic E-state index is 0.0361. The Labute approximate surface area is 262 Å².